The normalized spacial score (nSPS) is 11.4. The quantitative estimate of drug-likeness (QED) is 0.0651. The van der Waals surface area contributed by atoms with Gasteiger partial charge in [-0.3, -0.25) is 9.59 Å². The lowest BCUT2D eigenvalue weighted by atomic mass is 10.1. The van der Waals surface area contributed by atoms with Crippen molar-refractivity contribution in [3.05, 3.63) is 0 Å². The van der Waals surface area contributed by atoms with Gasteiger partial charge in [0.1, 0.15) is 6.61 Å². The summed E-state index contributed by atoms with van der Waals surface area (Å²) < 4.78 is 75.0. The van der Waals surface area contributed by atoms with E-state index in [0.717, 1.165) is 12.8 Å². The van der Waals surface area contributed by atoms with Crippen LogP contribution in [0.5, 0.6) is 0 Å². The minimum Gasteiger partial charge on any atom is -0.469 e. The van der Waals surface area contributed by atoms with Crippen molar-refractivity contribution < 1.29 is 75.9 Å². The zero-order valence-corrected chi connectivity index (χ0v) is 33.6. The minimum absolute atomic E-state index is 0.145. The van der Waals surface area contributed by atoms with Crippen LogP contribution in [0.15, 0.2) is 0 Å². The van der Waals surface area contributed by atoms with Gasteiger partial charge in [-0.1, -0.05) is 45.4 Å². The molecule has 0 heterocycles. The van der Waals surface area contributed by atoms with Crippen LogP contribution < -0.4 is 0 Å². The Morgan fingerprint density at radius 2 is 0.556 bits per heavy atom. The SMILES string of the molecule is CCCCCCCCCC(=O)OCCOCCOCCOCCOCCOCCOCCOCCOCCOCCOCCOCCOCCC(=O)OC. The third-order valence-corrected chi connectivity index (χ3v) is 7.25. The van der Waals surface area contributed by atoms with Crippen molar-refractivity contribution in [1.29, 1.82) is 0 Å². The highest BCUT2D eigenvalue weighted by Crippen LogP contribution is 2.08. The number of methoxy groups -OCH3 is 1. The molecule has 0 amide bonds. The average Bonchev–Trinajstić information content (AvgIpc) is 3.18. The summed E-state index contributed by atoms with van der Waals surface area (Å²) in [6.07, 6.45) is 9.01. The maximum atomic E-state index is 11.7. The molecule has 0 aromatic rings. The van der Waals surface area contributed by atoms with Crippen molar-refractivity contribution in [2.24, 2.45) is 0 Å². The van der Waals surface area contributed by atoms with Crippen molar-refractivity contribution in [2.75, 3.05) is 172 Å². The number of unbranched alkanes of at least 4 members (excludes halogenated alkanes) is 6. The largest absolute Gasteiger partial charge is 0.469 e. The van der Waals surface area contributed by atoms with Gasteiger partial charge < -0.3 is 66.3 Å². The molecule has 0 bridgehead atoms. The topological polar surface area (TPSA) is 163 Å². The third-order valence-electron chi connectivity index (χ3n) is 7.25. The molecule has 0 aromatic carbocycles. The summed E-state index contributed by atoms with van der Waals surface area (Å²) in [6.45, 7) is 13.7. The lowest BCUT2D eigenvalue weighted by molar-refractivity contribution is -0.145. The molecule has 0 saturated carbocycles. The number of hydrogen-bond donors (Lipinski definition) is 0. The van der Waals surface area contributed by atoms with Crippen molar-refractivity contribution in [2.45, 2.75) is 64.7 Å². The van der Waals surface area contributed by atoms with E-state index in [1.54, 1.807) is 0 Å². The molecule has 54 heavy (non-hydrogen) atoms. The van der Waals surface area contributed by atoms with Crippen LogP contribution in [-0.4, -0.2) is 184 Å². The predicted octanol–water partition coefficient (Wildman–Crippen LogP) is 3.43. The Labute approximate surface area is 324 Å². The minimum atomic E-state index is -0.289. The molecule has 16 nitrogen and oxygen atoms in total. The monoisotopic (exact) mass is 786 g/mol. The molecule has 0 saturated heterocycles. The molecule has 0 aliphatic heterocycles. The Bertz CT molecular complexity index is 748. The number of carbonyl (C=O) groups is 2. The van der Waals surface area contributed by atoms with Crippen molar-refractivity contribution in [3.63, 3.8) is 0 Å². The summed E-state index contributed by atoms with van der Waals surface area (Å²) in [7, 11) is 1.35. The summed E-state index contributed by atoms with van der Waals surface area (Å²) in [5.41, 5.74) is 0. The molecule has 0 N–H and O–H groups in total. The molecule has 0 fully saturated rings. The van der Waals surface area contributed by atoms with E-state index in [1.807, 2.05) is 0 Å². The van der Waals surface area contributed by atoms with Crippen LogP contribution in [0.1, 0.15) is 64.7 Å². The van der Waals surface area contributed by atoms with E-state index < -0.39 is 0 Å². The molecule has 0 radical (unpaired) electrons. The second-order valence-corrected chi connectivity index (χ2v) is 11.8. The molecule has 0 spiro atoms. The Kier molecular flexibility index (Phi) is 46.3. The summed E-state index contributed by atoms with van der Waals surface area (Å²) in [4.78, 5) is 22.7. The van der Waals surface area contributed by atoms with Crippen molar-refractivity contribution in [3.8, 4) is 0 Å². The Balaban J connectivity index is 3.10. The average molecular weight is 787 g/mol. The first-order valence-electron chi connectivity index (χ1n) is 19.9. The summed E-state index contributed by atoms with van der Waals surface area (Å²) >= 11 is 0. The highest BCUT2D eigenvalue weighted by molar-refractivity contribution is 5.69. The van der Waals surface area contributed by atoms with E-state index >= 15 is 0 Å². The van der Waals surface area contributed by atoms with Gasteiger partial charge in [0.25, 0.3) is 0 Å². The summed E-state index contributed by atoms with van der Waals surface area (Å²) in [5, 5.41) is 0. The fourth-order valence-corrected chi connectivity index (χ4v) is 4.29. The van der Waals surface area contributed by atoms with Crippen LogP contribution in [-0.2, 0) is 75.9 Å². The molecule has 0 aliphatic carbocycles. The van der Waals surface area contributed by atoms with Gasteiger partial charge in [-0.05, 0) is 6.42 Å². The number of carbonyl (C=O) groups excluding carboxylic acids is 2. The van der Waals surface area contributed by atoms with Gasteiger partial charge in [0, 0.05) is 6.42 Å². The van der Waals surface area contributed by atoms with Gasteiger partial charge in [0.15, 0.2) is 0 Å². The standard InChI is InChI=1S/C38H74O16/c1-3-4-5-6-7-8-9-10-38(40)54-36-35-53-34-33-52-32-31-51-30-29-50-28-27-49-26-25-48-24-23-47-22-21-46-20-19-45-18-17-44-16-15-43-14-13-42-12-11-37(39)41-2/h3-36H2,1-2H3. The maximum absolute atomic E-state index is 11.7. The number of rotatable bonds is 47. The van der Waals surface area contributed by atoms with Crippen LogP contribution in [0, 0.1) is 0 Å². The molecule has 0 aliphatic rings. The van der Waals surface area contributed by atoms with Crippen molar-refractivity contribution in [1.82, 2.24) is 0 Å². The smallest absolute Gasteiger partial charge is 0.307 e. The molecule has 0 atom stereocenters. The fraction of sp³-hybridized carbons (Fsp3) is 0.947. The summed E-state index contributed by atoms with van der Waals surface area (Å²) in [6, 6.07) is 0. The van der Waals surface area contributed by atoms with E-state index in [0.29, 0.717) is 165 Å². The van der Waals surface area contributed by atoms with Gasteiger partial charge in [-0.2, -0.15) is 0 Å². The molecule has 322 valence electrons. The third kappa shape index (κ3) is 46.6. The lowest BCUT2D eigenvalue weighted by Crippen LogP contribution is -2.16. The van der Waals surface area contributed by atoms with Crippen LogP contribution >= 0.6 is 0 Å². The van der Waals surface area contributed by atoms with Crippen LogP contribution in [0.25, 0.3) is 0 Å². The van der Waals surface area contributed by atoms with Gasteiger partial charge in [-0.25, -0.2) is 0 Å². The van der Waals surface area contributed by atoms with E-state index in [1.165, 1.54) is 39.2 Å². The van der Waals surface area contributed by atoms with E-state index in [9.17, 15) is 9.59 Å². The van der Waals surface area contributed by atoms with Gasteiger partial charge in [0.2, 0.25) is 0 Å². The van der Waals surface area contributed by atoms with Crippen LogP contribution in [0.3, 0.4) is 0 Å². The molecule has 0 unspecified atom stereocenters. The fourth-order valence-electron chi connectivity index (χ4n) is 4.29. The van der Waals surface area contributed by atoms with Gasteiger partial charge in [0.05, 0.1) is 172 Å². The van der Waals surface area contributed by atoms with E-state index in [2.05, 4.69) is 11.7 Å². The second-order valence-electron chi connectivity index (χ2n) is 11.8. The van der Waals surface area contributed by atoms with Gasteiger partial charge in [-0.15, -0.1) is 0 Å². The van der Waals surface area contributed by atoms with Crippen LogP contribution in [0.2, 0.25) is 0 Å². The van der Waals surface area contributed by atoms with Crippen LogP contribution in [0.4, 0.5) is 0 Å². The maximum Gasteiger partial charge on any atom is 0.307 e. The second kappa shape index (κ2) is 47.6. The Morgan fingerprint density at radius 3 is 0.852 bits per heavy atom. The Morgan fingerprint density at radius 1 is 0.296 bits per heavy atom. The number of ether oxygens (including phenoxy) is 14. The predicted molar refractivity (Wildman–Crippen MR) is 200 cm³/mol. The number of hydrogen-bond acceptors (Lipinski definition) is 16. The molecular weight excluding hydrogens is 712 g/mol. The molecule has 0 aromatic heterocycles. The zero-order valence-electron chi connectivity index (χ0n) is 33.6. The highest BCUT2D eigenvalue weighted by atomic mass is 16.6. The zero-order chi connectivity index (χ0) is 39.1. The van der Waals surface area contributed by atoms with Crippen molar-refractivity contribution >= 4 is 11.9 Å². The Hall–Kier alpha value is -1.54. The van der Waals surface area contributed by atoms with Gasteiger partial charge >= 0.3 is 11.9 Å². The first kappa shape index (κ1) is 52.5. The first-order chi connectivity index (χ1) is 26.7. The molecule has 0 rings (SSSR count). The summed E-state index contributed by atoms with van der Waals surface area (Å²) in [5.74, 6) is -0.433. The highest BCUT2D eigenvalue weighted by Gasteiger charge is 2.03. The molecular formula is C38H74O16. The lowest BCUT2D eigenvalue weighted by Gasteiger charge is -2.09. The van der Waals surface area contributed by atoms with E-state index in [4.69, 9.17) is 61.6 Å². The number of esters is 2. The first-order valence-corrected chi connectivity index (χ1v) is 19.9. The molecule has 16 heteroatoms. The van der Waals surface area contributed by atoms with E-state index in [-0.39, 0.29) is 25.0 Å².